The Morgan fingerprint density at radius 1 is 0.923 bits per heavy atom. The number of hydrogen-bond donors (Lipinski definition) is 3. The van der Waals surface area contributed by atoms with Gasteiger partial charge in [-0.3, -0.25) is 4.90 Å². The molecule has 13 heteroatoms. The number of halogens is 2. The van der Waals surface area contributed by atoms with Crippen molar-refractivity contribution in [1.29, 1.82) is 0 Å². The summed E-state index contributed by atoms with van der Waals surface area (Å²) in [7, 11) is 0. The van der Waals surface area contributed by atoms with Crippen molar-refractivity contribution in [3.63, 3.8) is 0 Å². The average Bonchev–Trinajstić information content (AvgIpc) is 3.69. The van der Waals surface area contributed by atoms with Gasteiger partial charge in [0.2, 0.25) is 0 Å². The van der Waals surface area contributed by atoms with Crippen molar-refractivity contribution in [2.24, 2.45) is 0 Å². The van der Waals surface area contributed by atoms with Gasteiger partial charge in [0.1, 0.15) is 11.2 Å². The minimum Gasteiger partial charge on any atom is -0.444 e. The van der Waals surface area contributed by atoms with Gasteiger partial charge < -0.3 is 39.5 Å². The standard InChI is InChI=1S/C12H23ClN2O3.C9H18N2O2.C3H5ClO.C2H6O/c1-12(2,3)18-11(17)15-6-4-14(5-7-15)9-10(16)8-13;1-9(2,3)13-8(12)11-6-4-10-5-7-11;4-1-3-2-5-3;1-2-3/h10,16H,4-9H2,1-3H3;10H,4-7H2,1-3H3;3H,1-2H2;3H,2H2,1H3. The minimum atomic E-state index is -0.500. The van der Waals surface area contributed by atoms with E-state index in [-0.39, 0.29) is 30.3 Å². The maximum atomic E-state index is 11.8. The van der Waals surface area contributed by atoms with Crippen LogP contribution < -0.4 is 5.32 Å². The molecule has 39 heavy (non-hydrogen) atoms. The highest BCUT2D eigenvalue weighted by atomic mass is 35.5. The highest BCUT2D eigenvalue weighted by Crippen LogP contribution is 2.12. The van der Waals surface area contributed by atoms with Crippen molar-refractivity contribution < 1.29 is 34.0 Å². The number of alkyl halides is 2. The molecule has 0 bridgehead atoms. The zero-order valence-electron chi connectivity index (χ0n) is 24.9. The van der Waals surface area contributed by atoms with Crippen molar-refractivity contribution in [2.75, 3.05) is 83.9 Å². The van der Waals surface area contributed by atoms with Crippen LogP contribution in [0.2, 0.25) is 0 Å². The van der Waals surface area contributed by atoms with Gasteiger partial charge in [-0.05, 0) is 48.5 Å². The molecule has 3 heterocycles. The van der Waals surface area contributed by atoms with Gasteiger partial charge in [-0.15, -0.1) is 23.2 Å². The SMILES string of the molecule is CC(C)(C)OC(=O)N1CCN(CC(O)CCl)CC1.CC(C)(C)OC(=O)N1CCNCC1.CCO.ClCC1CO1. The monoisotopic (exact) mass is 602 g/mol. The predicted octanol–water partition coefficient (Wildman–Crippen LogP) is 2.59. The summed E-state index contributed by atoms with van der Waals surface area (Å²) in [4.78, 5) is 28.8. The number of ether oxygens (including phenoxy) is 3. The Morgan fingerprint density at radius 3 is 1.64 bits per heavy atom. The molecule has 0 aromatic heterocycles. The number of epoxide rings is 1. The van der Waals surface area contributed by atoms with Crippen LogP contribution in [0.5, 0.6) is 0 Å². The maximum Gasteiger partial charge on any atom is 0.410 e. The van der Waals surface area contributed by atoms with Gasteiger partial charge in [0.25, 0.3) is 0 Å². The van der Waals surface area contributed by atoms with Crippen LogP contribution in [0, 0.1) is 0 Å². The second-order valence-electron chi connectivity index (χ2n) is 11.2. The first-order valence-corrected chi connectivity index (χ1v) is 14.6. The third kappa shape index (κ3) is 21.4. The molecule has 2 atom stereocenters. The molecule has 0 aromatic carbocycles. The number of nitrogens with zero attached hydrogens (tertiary/aromatic N) is 3. The highest BCUT2D eigenvalue weighted by molar-refractivity contribution is 6.18. The lowest BCUT2D eigenvalue weighted by molar-refractivity contribution is 0.0110. The summed E-state index contributed by atoms with van der Waals surface area (Å²) in [5.74, 6) is 0.909. The van der Waals surface area contributed by atoms with Crippen LogP contribution >= 0.6 is 23.2 Å². The molecular formula is C26H52Cl2N4O7. The van der Waals surface area contributed by atoms with Gasteiger partial charge in [-0.2, -0.15) is 0 Å². The van der Waals surface area contributed by atoms with Crippen molar-refractivity contribution in [2.45, 2.75) is 71.9 Å². The van der Waals surface area contributed by atoms with E-state index in [0.29, 0.717) is 31.6 Å². The summed E-state index contributed by atoms with van der Waals surface area (Å²) in [6.45, 7) is 20.5. The summed E-state index contributed by atoms with van der Waals surface area (Å²) in [5.41, 5.74) is -0.842. The molecule has 0 radical (unpaired) electrons. The number of aliphatic hydroxyl groups excluding tert-OH is 2. The largest absolute Gasteiger partial charge is 0.444 e. The van der Waals surface area contributed by atoms with E-state index in [1.54, 1.807) is 16.7 Å². The normalized spacial score (nSPS) is 20.1. The molecule has 3 aliphatic heterocycles. The van der Waals surface area contributed by atoms with E-state index >= 15 is 0 Å². The van der Waals surface area contributed by atoms with Gasteiger partial charge >= 0.3 is 12.2 Å². The number of aliphatic hydroxyl groups is 2. The van der Waals surface area contributed by atoms with Gasteiger partial charge in [0.05, 0.1) is 24.7 Å². The van der Waals surface area contributed by atoms with E-state index in [2.05, 4.69) is 10.2 Å². The van der Waals surface area contributed by atoms with Crippen molar-refractivity contribution in [3.8, 4) is 0 Å². The molecule has 11 nitrogen and oxygen atoms in total. The van der Waals surface area contributed by atoms with Crippen molar-refractivity contribution in [1.82, 2.24) is 20.0 Å². The molecule has 0 aliphatic carbocycles. The average molecular weight is 604 g/mol. The number of piperazine rings is 2. The Bertz CT molecular complexity index is 660. The van der Waals surface area contributed by atoms with E-state index < -0.39 is 11.7 Å². The fourth-order valence-electron chi connectivity index (χ4n) is 3.12. The van der Waals surface area contributed by atoms with Crippen LogP contribution in [0.3, 0.4) is 0 Å². The molecule has 232 valence electrons. The third-order valence-corrected chi connectivity index (χ3v) is 5.71. The van der Waals surface area contributed by atoms with Crippen LogP contribution in [0.1, 0.15) is 48.5 Å². The van der Waals surface area contributed by atoms with E-state index in [1.165, 1.54) is 0 Å². The molecule has 3 fully saturated rings. The fourth-order valence-corrected chi connectivity index (χ4v) is 3.39. The predicted molar refractivity (Wildman–Crippen MR) is 155 cm³/mol. The van der Waals surface area contributed by atoms with Crippen LogP contribution in [0.25, 0.3) is 0 Å². The number of carbonyl (C=O) groups is 2. The van der Waals surface area contributed by atoms with Gasteiger partial charge in [0, 0.05) is 71.4 Å². The van der Waals surface area contributed by atoms with Gasteiger partial charge in [-0.25, -0.2) is 9.59 Å². The highest BCUT2D eigenvalue weighted by Gasteiger charge is 2.26. The molecule has 0 spiro atoms. The zero-order valence-corrected chi connectivity index (χ0v) is 26.4. The molecule has 3 N–H and O–H groups in total. The molecule has 3 rings (SSSR count). The Hall–Kier alpha value is -1.08. The molecule has 3 aliphatic rings. The Labute approximate surface area is 245 Å². The lowest BCUT2D eigenvalue weighted by Crippen LogP contribution is -2.51. The van der Waals surface area contributed by atoms with E-state index in [4.69, 9.17) is 42.5 Å². The van der Waals surface area contributed by atoms with Gasteiger partial charge in [0.15, 0.2) is 0 Å². The van der Waals surface area contributed by atoms with E-state index in [9.17, 15) is 14.7 Å². The molecule has 2 unspecified atom stereocenters. The Morgan fingerprint density at radius 2 is 1.33 bits per heavy atom. The number of carbonyl (C=O) groups excluding carboxylic acids is 2. The quantitative estimate of drug-likeness (QED) is 0.328. The molecule has 2 amide bonds. The summed E-state index contributed by atoms with van der Waals surface area (Å²) < 4.78 is 15.3. The van der Waals surface area contributed by atoms with Crippen LogP contribution in [-0.2, 0) is 14.2 Å². The first-order valence-electron chi connectivity index (χ1n) is 13.6. The lowest BCUT2D eigenvalue weighted by atomic mass is 10.2. The number of amides is 2. The first kappa shape index (κ1) is 37.9. The first-order chi connectivity index (χ1) is 18.1. The molecule has 0 saturated carbocycles. The lowest BCUT2D eigenvalue weighted by Gasteiger charge is -2.36. The van der Waals surface area contributed by atoms with E-state index in [1.807, 2.05) is 41.5 Å². The number of β-amino-alcohol motifs (C(OH)–C–C–N with tert-alkyl or cyclic N) is 1. The topological polar surface area (TPSA) is 127 Å². The smallest absolute Gasteiger partial charge is 0.410 e. The molecule has 0 aromatic rings. The zero-order chi connectivity index (χ0) is 30.1. The molecule has 3 saturated heterocycles. The number of nitrogens with one attached hydrogen (secondary N) is 1. The number of hydrogen-bond acceptors (Lipinski definition) is 9. The van der Waals surface area contributed by atoms with Gasteiger partial charge in [-0.1, -0.05) is 0 Å². The minimum absolute atomic E-state index is 0.200. The summed E-state index contributed by atoms with van der Waals surface area (Å²) >= 11 is 10.8. The summed E-state index contributed by atoms with van der Waals surface area (Å²) in [6.07, 6.45) is -0.564. The maximum absolute atomic E-state index is 11.8. The van der Waals surface area contributed by atoms with Crippen LogP contribution in [0.4, 0.5) is 9.59 Å². The Kier molecular flexibility index (Phi) is 19.4. The second-order valence-corrected chi connectivity index (χ2v) is 11.8. The summed E-state index contributed by atoms with van der Waals surface area (Å²) in [6, 6.07) is 0. The Balaban J connectivity index is 0.000000593. The van der Waals surface area contributed by atoms with E-state index in [0.717, 1.165) is 45.9 Å². The second kappa shape index (κ2) is 19.9. The molecular weight excluding hydrogens is 551 g/mol. The van der Waals surface area contributed by atoms with Crippen LogP contribution in [0.15, 0.2) is 0 Å². The van der Waals surface area contributed by atoms with Crippen LogP contribution in [-0.4, -0.2) is 144 Å². The van der Waals surface area contributed by atoms with Crippen molar-refractivity contribution >= 4 is 35.4 Å². The third-order valence-electron chi connectivity index (χ3n) is 5.01. The number of rotatable bonds is 4. The fraction of sp³-hybridized carbons (Fsp3) is 0.923. The summed E-state index contributed by atoms with van der Waals surface area (Å²) in [5, 5.41) is 20.2. The van der Waals surface area contributed by atoms with Crippen molar-refractivity contribution in [3.05, 3.63) is 0 Å².